The third kappa shape index (κ3) is 8.45. The van der Waals surface area contributed by atoms with Gasteiger partial charge in [-0.1, -0.05) is 55.5 Å². The summed E-state index contributed by atoms with van der Waals surface area (Å²) in [5, 5.41) is 9.26. The normalized spacial score (nSPS) is 18.2. The zero-order valence-electron chi connectivity index (χ0n) is 21.5. The third-order valence-corrected chi connectivity index (χ3v) is 6.67. The fraction of sp³-hybridized carbons (Fsp3) is 0.407. The van der Waals surface area contributed by atoms with Gasteiger partial charge in [0.2, 0.25) is 23.8 Å². The van der Waals surface area contributed by atoms with Gasteiger partial charge < -0.3 is 26.4 Å². The van der Waals surface area contributed by atoms with Crippen LogP contribution in [0.4, 0.5) is 31.0 Å². The van der Waals surface area contributed by atoms with E-state index in [9.17, 15) is 18.0 Å². The molecular formula is C27H32F3N7O2. The van der Waals surface area contributed by atoms with Gasteiger partial charge in [-0.15, -0.1) is 13.2 Å². The lowest BCUT2D eigenvalue weighted by atomic mass is 9.85. The largest absolute Gasteiger partial charge is 0.573 e. The molecule has 1 aliphatic carbocycles. The number of aromatic nitrogens is 3. The molecule has 1 aromatic heterocycles. The molecule has 0 unspecified atom stereocenters. The Morgan fingerprint density at radius 2 is 1.67 bits per heavy atom. The van der Waals surface area contributed by atoms with Crippen molar-refractivity contribution in [3.05, 3.63) is 65.7 Å². The number of carbonyl (C=O) groups is 1. The van der Waals surface area contributed by atoms with Crippen LogP contribution in [-0.4, -0.2) is 39.8 Å². The molecule has 2 aromatic carbocycles. The summed E-state index contributed by atoms with van der Waals surface area (Å²) < 4.78 is 42.0. The van der Waals surface area contributed by atoms with E-state index in [-0.39, 0.29) is 47.6 Å². The van der Waals surface area contributed by atoms with E-state index in [0.29, 0.717) is 44.1 Å². The second-order valence-corrected chi connectivity index (χ2v) is 9.60. The molecule has 0 bridgehead atoms. The van der Waals surface area contributed by atoms with Crippen LogP contribution in [0.2, 0.25) is 0 Å². The number of anilines is 3. The molecule has 0 spiro atoms. The van der Waals surface area contributed by atoms with Gasteiger partial charge in [-0.2, -0.15) is 15.0 Å². The number of para-hydroxylation sites is 1. The Bertz CT molecular complexity index is 1240. The summed E-state index contributed by atoms with van der Waals surface area (Å²) in [5.74, 6) is 0.343. The van der Waals surface area contributed by atoms with Crippen molar-refractivity contribution in [1.82, 2.24) is 20.3 Å². The average molecular weight is 544 g/mol. The molecule has 0 aliphatic heterocycles. The van der Waals surface area contributed by atoms with E-state index in [1.54, 1.807) is 6.07 Å². The Labute approximate surface area is 224 Å². The molecule has 0 saturated heterocycles. The van der Waals surface area contributed by atoms with Gasteiger partial charge in [0, 0.05) is 30.6 Å². The highest BCUT2D eigenvalue weighted by atomic mass is 19.4. The molecule has 1 heterocycles. The monoisotopic (exact) mass is 543 g/mol. The average Bonchev–Trinajstić information content (AvgIpc) is 2.91. The minimum Gasteiger partial charge on any atom is -0.405 e. The first-order valence-corrected chi connectivity index (χ1v) is 12.8. The summed E-state index contributed by atoms with van der Waals surface area (Å²) in [6, 6.07) is 15.9. The van der Waals surface area contributed by atoms with Crippen molar-refractivity contribution in [3.63, 3.8) is 0 Å². The van der Waals surface area contributed by atoms with Crippen LogP contribution in [0.5, 0.6) is 5.75 Å². The molecule has 1 saturated carbocycles. The lowest BCUT2D eigenvalue weighted by molar-refractivity contribution is -0.274. The number of nitrogens with two attached hydrogens (primary N) is 1. The van der Waals surface area contributed by atoms with Gasteiger partial charge in [-0.25, -0.2) is 0 Å². The molecule has 1 aliphatic rings. The molecule has 0 radical (unpaired) electrons. The van der Waals surface area contributed by atoms with E-state index in [2.05, 4.69) is 54.7 Å². The van der Waals surface area contributed by atoms with Crippen molar-refractivity contribution in [2.24, 2.45) is 5.92 Å². The number of nitrogens with one attached hydrogen (secondary N) is 3. The van der Waals surface area contributed by atoms with Crippen LogP contribution >= 0.6 is 0 Å². The molecule has 1 fully saturated rings. The Morgan fingerprint density at radius 3 is 2.38 bits per heavy atom. The number of hydrogen-bond donors (Lipinski definition) is 4. The summed E-state index contributed by atoms with van der Waals surface area (Å²) in [5.41, 5.74) is 7.36. The van der Waals surface area contributed by atoms with Gasteiger partial charge in [0.15, 0.2) is 0 Å². The van der Waals surface area contributed by atoms with E-state index >= 15 is 0 Å². The van der Waals surface area contributed by atoms with Crippen molar-refractivity contribution >= 4 is 23.8 Å². The molecular weight excluding hydrogens is 511 g/mol. The number of ether oxygens (including phenoxy) is 1. The highest BCUT2D eigenvalue weighted by Gasteiger charge is 2.32. The van der Waals surface area contributed by atoms with Gasteiger partial charge in [-0.3, -0.25) is 4.79 Å². The van der Waals surface area contributed by atoms with Crippen LogP contribution in [0.3, 0.4) is 0 Å². The predicted molar refractivity (Wildman–Crippen MR) is 142 cm³/mol. The summed E-state index contributed by atoms with van der Waals surface area (Å²) >= 11 is 0. The molecule has 5 N–H and O–H groups in total. The molecule has 39 heavy (non-hydrogen) atoms. The first-order valence-electron chi connectivity index (χ1n) is 12.8. The van der Waals surface area contributed by atoms with Gasteiger partial charge >= 0.3 is 6.36 Å². The number of nitrogens with zero attached hydrogens (tertiary/aromatic N) is 3. The first-order chi connectivity index (χ1) is 18.7. The SMILES string of the molecule is C[C@@H](CNc1nc(N)nc(N[C@H]2CC[C@H](C(=O)NCc3ccccc3OC(F)(F)F)CC2)n1)c1ccccc1. The number of amides is 1. The van der Waals surface area contributed by atoms with Gasteiger partial charge in [0.1, 0.15) is 5.75 Å². The Kier molecular flexibility index (Phi) is 9.05. The van der Waals surface area contributed by atoms with Gasteiger partial charge in [0.05, 0.1) is 0 Å². The lowest BCUT2D eigenvalue weighted by Gasteiger charge is -2.28. The third-order valence-electron chi connectivity index (χ3n) is 6.67. The van der Waals surface area contributed by atoms with Gasteiger partial charge in [0.25, 0.3) is 0 Å². The zero-order valence-corrected chi connectivity index (χ0v) is 21.5. The Morgan fingerprint density at radius 1 is 1.00 bits per heavy atom. The van der Waals surface area contributed by atoms with Crippen LogP contribution in [0.15, 0.2) is 54.6 Å². The maximum absolute atomic E-state index is 12.7. The second kappa shape index (κ2) is 12.6. The number of alkyl halides is 3. The fourth-order valence-corrected chi connectivity index (χ4v) is 4.56. The maximum Gasteiger partial charge on any atom is 0.573 e. The standard InChI is InChI=1S/C27H32F3N7O2/c1-17(18-7-3-2-4-8-18)15-33-25-35-24(31)36-26(37-25)34-21-13-11-19(12-14-21)23(38)32-16-20-9-5-6-10-22(20)39-27(28,29)30/h2-10,17,19,21H,11-16H2,1H3,(H,32,38)(H4,31,33,34,35,36,37)/t17-,19-,21-/m0/s1. The number of hydrogen-bond acceptors (Lipinski definition) is 8. The van der Waals surface area contributed by atoms with Crippen LogP contribution in [0, 0.1) is 5.92 Å². The summed E-state index contributed by atoms with van der Waals surface area (Å²) in [6.45, 7) is 2.68. The molecule has 208 valence electrons. The molecule has 1 atom stereocenters. The quantitative estimate of drug-likeness (QED) is 0.286. The Balaban J connectivity index is 1.25. The predicted octanol–water partition coefficient (Wildman–Crippen LogP) is 4.86. The number of benzene rings is 2. The fourth-order valence-electron chi connectivity index (χ4n) is 4.56. The molecule has 12 heteroatoms. The summed E-state index contributed by atoms with van der Waals surface area (Å²) in [4.78, 5) is 25.5. The summed E-state index contributed by atoms with van der Waals surface area (Å²) in [7, 11) is 0. The molecule has 4 rings (SSSR count). The number of carbonyl (C=O) groups excluding carboxylic acids is 1. The number of nitrogen functional groups attached to an aromatic ring is 1. The zero-order chi connectivity index (χ0) is 27.8. The number of rotatable bonds is 10. The van der Waals surface area contributed by atoms with Crippen molar-refractivity contribution in [1.29, 1.82) is 0 Å². The van der Waals surface area contributed by atoms with Gasteiger partial charge in [-0.05, 0) is 43.2 Å². The van der Waals surface area contributed by atoms with Crippen molar-refractivity contribution in [3.8, 4) is 5.75 Å². The maximum atomic E-state index is 12.7. The van der Waals surface area contributed by atoms with E-state index in [4.69, 9.17) is 5.73 Å². The topological polar surface area (TPSA) is 127 Å². The minimum atomic E-state index is -4.80. The van der Waals surface area contributed by atoms with Crippen LogP contribution in [0.1, 0.15) is 49.7 Å². The highest BCUT2D eigenvalue weighted by Crippen LogP contribution is 2.28. The van der Waals surface area contributed by atoms with Crippen molar-refractivity contribution < 1.29 is 22.7 Å². The first kappa shape index (κ1) is 27.9. The van der Waals surface area contributed by atoms with Crippen LogP contribution in [0.25, 0.3) is 0 Å². The molecule has 3 aromatic rings. The van der Waals surface area contributed by atoms with Crippen molar-refractivity contribution in [2.75, 3.05) is 22.9 Å². The smallest absolute Gasteiger partial charge is 0.405 e. The number of halogens is 3. The van der Waals surface area contributed by atoms with Crippen LogP contribution in [-0.2, 0) is 11.3 Å². The van der Waals surface area contributed by atoms with Crippen molar-refractivity contribution in [2.45, 2.75) is 57.5 Å². The molecule has 1 amide bonds. The minimum absolute atomic E-state index is 0.0489. The van der Waals surface area contributed by atoms with E-state index in [0.717, 1.165) is 0 Å². The van der Waals surface area contributed by atoms with E-state index in [1.165, 1.54) is 23.8 Å². The summed E-state index contributed by atoms with van der Waals surface area (Å²) in [6.07, 6.45) is -2.17. The van der Waals surface area contributed by atoms with Crippen LogP contribution < -0.4 is 26.4 Å². The highest BCUT2D eigenvalue weighted by molar-refractivity contribution is 5.78. The Hall–Kier alpha value is -4.09. The molecule has 9 nitrogen and oxygen atoms in total. The van der Waals surface area contributed by atoms with E-state index < -0.39 is 6.36 Å². The lowest BCUT2D eigenvalue weighted by Crippen LogP contribution is -2.36. The van der Waals surface area contributed by atoms with E-state index in [1.807, 2.05) is 18.2 Å². The second-order valence-electron chi connectivity index (χ2n) is 9.60.